The fourth-order valence-electron chi connectivity index (χ4n) is 2.82. The highest BCUT2D eigenvalue weighted by atomic mass is 16.5. The van der Waals surface area contributed by atoms with Crippen LogP contribution in [0.25, 0.3) is 5.52 Å². The maximum absolute atomic E-state index is 11.8. The van der Waals surface area contributed by atoms with Crippen LogP contribution in [0.4, 0.5) is 5.69 Å². The number of pyridine rings is 1. The number of allylic oxidation sites excluding steroid dienone is 3. The number of fused-ring (bicyclic) bond motifs is 1. The van der Waals surface area contributed by atoms with E-state index in [0.29, 0.717) is 35.2 Å². The molecule has 0 amide bonds. The molecular formula is C21H28N5O2+. The lowest BCUT2D eigenvalue weighted by Crippen LogP contribution is -2.38. The van der Waals surface area contributed by atoms with Crippen LogP contribution in [0.3, 0.4) is 0 Å². The molecule has 0 saturated heterocycles. The highest BCUT2D eigenvalue weighted by molar-refractivity contribution is 6.22. The Morgan fingerprint density at radius 1 is 1.18 bits per heavy atom. The van der Waals surface area contributed by atoms with Gasteiger partial charge in [0, 0.05) is 11.8 Å². The van der Waals surface area contributed by atoms with E-state index in [-0.39, 0.29) is 5.78 Å². The molecule has 0 unspecified atom stereocenters. The van der Waals surface area contributed by atoms with E-state index in [2.05, 4.69) is 26.2 Å². The third kappa shape index (κ3) is 3.99. The van der Waals surface area contributed by atoms with Crippen LogP contribution in [0.15, 0.2) is 40.5 Å². The quantitative estimate of drug-likeness (QED) is 0.636. The summed E-state index contributed by atoms with van der Waals surface area (Å²) in [6.45, 7) is 7.15. The first-order valence-electron chi connectivity index (χ1n) is 9.28. The second-order valence-corrected chi connectivity index (χ2v) is 8.20. The van der Waals surface area contributed by atoms with Gasteiger partial charge in [0.2, 0.25) is 0 Å². The molecular weight excluding hydrogens is 354 g/mol. The number of ketones is 1. The van der Waals surface area contributed by atoms with E-state index < -0.39 is 0 Å². The largest absolute Gasteiger partial charge is 0.469 e. The van der Waals surface area contributed by atoms with Crippen LogP contribution < -0.4 is 10.5 Å². The van der Waals surface area contributed by atoms with Crippen LogP contribution in [-0.4, -0.2) is 59.9 Å². The maximum atomic E-state index is 11.8. The standard InChI is InChI=1S/C21H27N5O2/c1-13-7-8-18-20(23-17-11-14(2)19(27)12-16(17)22)21(24-25(18)15(13)3)28-10-9-26(4,5)6/h7-8,11-12H,9-10H2,1-6H3,(H-,22,27)/p+1. The molecule has 0 spiro atoms. The Labute approximate surface area is 165 Å². The van der Waals surface area contributed by atoms with Crippen molar-refractivity contribution in [2.45, 2.75) is 20.8 Å². The summed E-state index contributed by atoms with van der Waals surface area (Å²) in [7, 11) is 6.33. The first kappa shape index (κ1) is 19.8. The summed E-state index contributed by atoms with van der Waals surface area (Å²) in [6, 6.07) is 4.02. The van der Waals surface area contributed by atoms with E-state index in [1.165, 1.54) is 6.08 Å². The van der Waals surface area contributed by atoms with E-state index in [1.807, 2.05) is 30.5 Å². The van der Waals surface area contributed by atoms with Crippen LogP contribution in [-0.2, 0) is 4.79 Å². The van der Waals surface area contributed by atoms with Crippen molar-refractivity contribution in [1.82, 2.24) is 9.61 Å². The highest BCUT2D eigenvalue weighted by Crippen LogP contribution is 2.34. The van der Waals surface area contributed by atoms with Crippen LogP contribution in [0.5, 0.6) is 5.88 Å². The van der Waals surface area contributed by atoms with Crippen molar-refractivity contribution in [2.75, 3.05) is 34.3 Å². The predicted molar refractivity (Wildman–Crippen MR) is 111 cm³/mol. The lowest BCUT2D eigenvalue weighted by molar-refractivity contribution is -0.870. The van der Waals surface area contributed by atoms with Gasteiger partial charge in [0.25, 0.3) is 5.88 Å². The van der Waals surface area contributed by atoms with Gasteiger partial charge in [-0.1, -0.05) is 6.07 Å². The lowest BCUT2D eigenvalue weighted by atomic mass is 10.0. The molecule has 2 aromatic heterocycles. The van der Waals surface area contributed by atoms with Gasteiger partial charge in [0.05, 0.1) is 38.1 Å². The molecule has 0 radical (unpaired) electrons. The number of ether oxygens (including phenoxy) is 1. The number of nitrogens with zero attached hydrogens (tertiary/aromatic N) is 4. The number of hydrogen-bond acceptors (Lipinski definition) is 5. The average Bonchev–Trinajstić information content (AvgIpc) is 2.93. The fourth-order valence-corrected chi connectivity index (χ4v) is 2.82. The molecule has 2 N–H and O–H groups in total. The maximum Gasteiger partial charge on any atom is 0.260 e. The zero-order chi connectivity index (χ0) is 20.6. The highest BCUT2D eigenvalue weighted by Gasteiger charge is 2.20. The van der Waals surface area contributed by atoms with Crippen molar-refractivity contribution in [2.24, 2.45) is 10.7 Å². The summed E-state index contributed by atoms with van der Waals surface area (Å²) in [6.07, 6.45) is 3.12. The first-order valence-corrected chi connectivity index (χ1v) is 9.28. The Bertz CT molecular complexity index is 1040. The van der Waals surface area contributed by atoms with E-state index in [9.17, 15) is 4.79 Å². The number of quaternary nitrogens is 1. The van der Waals surface area contributed by atoms with Gasteiger partial charge in [0.1, 0.15) is 13.2 Å². The van der Waals surface area contributed by atoms with Crippen molar-refractivity contribution in [3.8, 4) is 5.88 Å². The van der Waals surface area contributed by atoms with Gasteiger partial charge in [-0.25, -0.2) is 9.51 Å². The summed E-state index contributed by atoms with van der Waals surface area (Å²) >= 11 is 0. The van der Waals surface area contributed by atoms with Gasteiger partial charge in [-0.3, -0.25) is 4.79 Å². The van der Waals surface area contributed by atoms with E-state index in [1.54, 1.807) is 13.0 Å². The minimum Gasteiger partial charge on any atom is -0.469 e. The van der Waals surface area contributed by atoms with E-state index in [0.717, 1.165) is 27.8 Å². The zero-order valence-electron chi connectivity index (χ0n) is 17.4. The number of nitrogens with two attached hydrogens (primary N) is 1. The Kier molecular flexibility index (Phi) is 5.12. The van der Waals surface area contributed by atoms with Crippen LogP contribution in [0.1, 0.15) is 18.2 Å². The van der Waals surface area contributed by atoms with Gasteiger partial charge in [-0.2, -0.15) is 0 Å². The molecule has 7 nitrogen and oxygen atoms in total. The minimum atomic E-state index is -0.0952. The van der Waals surface area contributed by atoms with E-state index >= 15 is 0 Å². The van der Waals surface area contributed by atoms with Gasteiger partial charge in [-0.05, 0) is 44.1 Å². The molecule has 0 bridgehead atoms. The number of aryl methyl sites for hydroxylation is 2. The minimum absolute atomic E-state index is 0.0952. The molecule has 0 atom stereocenters. The SMILES string of the molecule is CC1=CC(=Nc2c(OCC[N+](C)(C)C)nn3c(C)c(C)ccc23)C(N)=CC1=O. The summed E-state index contributed by atoms with van der Waals surface area (Å²) in [5.74, 6) is 0.368. The summed E-state index contributed by atoms with van der Waals surface area (Å²) in [5, 5.41) is 4.65. The first-order chi connectivity index (χ1) is 13.1. The Morgan fingerprint density at radius 2 is 1.89 bits per heavy atom. The van der Waals surface area contributed by atoms with Crippen LogP contribution in [0.2, 0.25) is 0 Å². The predicted octanol–water partition coefficient (Wildman–Crippen LogP) is 2.48. The molecule has 0 saturated carbocycles. The Hall–Kier alpha value is -2.93. The van der Waals surface area contributed by atoms with Crippen molar-refractivity contribution >= 4 is 22.7 Å². The summed E-state index contributed by atoms with van der Waals surface area (Å²) in [4.78, 5) is 16.6. The number of aromatic nitrogens is 2. The number of likely N-dealkylation sites (N-methyl/N-ethyl adjacent to an activating group) is 1. The molecule has 7 heteroatoms. The van der Waals surface area contributed by atoms with Crippen molar-refractivity contribution in [3.63, 3.8) is 0 Å². The van der Waals surface area contributed by atoms with Gasteiger partial charge < -0.3 is 15.0 Å². The number of carbonyl (C=O) groups excluding carboxylic acids is 1. The van der Waals surface area contributed by atoms with E-state index in [4.69, 9.17) is 15.5 Å². The molecule has 28 heavy (non-hydrogen) atoms. The summed E-state index contributed by atoms with van der Waals surface area (Å²) in [5.41, 5.74) is 11.1. The third-order valence-corrected chi connectivity index (χ3v) is 4.80. The van der Waals surface area contributed by atoms with Crippen LogP contribution >= 0.6 is 0 Å². The second kappa shape index (κ2) is 7.24. The molecule has 0 aromatic carbocycles. The number of hydrogen-bond donors (Lipinski definition) is 1. The normalized spacial score (nSPS) is 16.5. The second-order valence-electron chi connectivity index (χ2n) is 8.20. The van der Waals surface area contributed by atoms with Crippen molar-refractivity contribution < 1.29 is 14.0 Å². The Balaban J connectivity index is 2.10. The molecule has 1 aliphatic rings. The molecule has 3 rings (SSSR count). The zero-order valence-corrected chi connectivity index (χ0v) is 17.4. The van der Waals surface area contributed by atoms with Gasteiger partial charge in [0.15, 0.2) is 11.5 Å². The molecule has 0 fully saturated rings. The smallest absolute Gasteiger partial charge is 0.260 e. The number of carbonyl (C=O) groups is 1. The Morgan fingerprint density at radius 3 is 2.57 bits per heavy atom. The van der Waals surface area contributed by atoms with Crippen LogP contribution in [0, 0.1) is 13.8 Å². The van der Waals surface area contributed by atoms with Crippen molar-refractivity contribution in [1.29, 1.82) is 0 Å². The summed E-state index contributed by atoms with van der Waals surface area (Å²) < 4.78 is 8.65. The van der Waals surface area contributed by atoms with Gasteiger partial charge in [-0.15, -0.1) is 5.10 Å². The lowest BCUT2D eigenvalue weighted by Gasteiger charge is -2.23. The molecule has 2 heterocycles. The van der Waals surface area contributed by atoms with Crippen molar-refractivity contribution in [3.05, 3.63) is 46.8 Å². The topological polar surface area (TPSA) is 82.0 Å². The average molecular weight is 382 g/mol. The van der Waals surface area contributed by atoms with Gasteiger partial charge >= 0.3 is 0 Å². The molecule has 148 valence electrons. The number of aliphatic imine (C=N–C) groups is 1. The number of rotatable bonds is 5. The molecule has 2 aromatic rings. The molecule has 1 aliphatic carbocycles. The fraction of sp³-hybridized carbons (Fsp3) is 0.381. The molecule has 0 aliphatic heterocycles. The third-order valence-electron chi connectivity index (χ3n) is 4.80. The monoisotopic (exact) mass is 382 g/mol.